The monoisotopic (exact) mass is 302 g/mol. The summed E-state index contributed by atoms with van der Waals surface area (Å²) in [6.45, 7) is 2.31. The molecule has 7 heteroatoms. The number of hydrogen-bond acceptors (Lipinski definition) is 3. The Kier molecular flexibility index (Phi) is 7.45. The van der Waals surface area contributed by atoms with Gasteiger partial charge in [-0.2, -0.15) is 8.78 Å². The first-order valence-electron chi connectivity index (χ1n) is 6.69. The highest BCUT2D eigenvalue weighted by atomic mass is 19.3. The van der Waals surface area contributed by atoms with Crippen molar-refractivity contribution < 1.29 is 23.0 Å². The van der Waals surface area contributed by atoms with Gasteiger partial charge < -0.3 is 20.1 Å². The van der Waals surface area contributed by atoms with Gasteiger partial charge in [0.15, 0.2) is 0 Å². The molecule has 5 nitrogen and oxygen atoms in total. The molecule has 0 aromatic heterocycles. The number of hydrogen-bond donors (Lipinski definition) is 2. The Morgan fingerprint density at radius 3 is 2.52 bits per heavy atom. The van der Waals surface area contributed by atoms with E-state index in [2.05, 4.69) is 15.4 Å². The molecule has 0 heterocycles. The van der Waals surface area contributed by atoms with E-state index in [1.54, 1.807) is 19.1 Å². The van der Waals surface area contributed by atoms with Crippen LogP contribution in [0, 0.1) is 0 Å². The van der Waals surface area contributed by atoms with E-state index in [1.165, 1.54) is 12.1 Å². The molecule has 0 saturated carbocycles. The van der Waals surface area contributed by atoms with Crippen LogP contribution in [0.25, 0.3) is 0 Å². The van der Waals surface area contributed by atoms with Crippen molar-refractivity contribution in [3.05, 3.63) is 29.8 Å². The zero-order chi connectivity index (χ0) is 15.7. The number of alkyl halides is 2. The number of amides is 2. The molecule has 0 aliphatic carbocycles. The maximum atomic E-state index is 12.0. The molecular weight excluding hydrogens is 282 g/mol. The number of rotatable bonds is 8. The van der Waals surface area contributed by atoms with Gasteiger partial charge in [0.1, 0.15) is 5.75 Å². The fourth-order valence-electron chi connectivity index (χ4n) is 1.65. The summed E-state index contributed by atoms with van der Waals surface area (Å²) in [5, 5.41) is 5.40. The zero-order valence-corrected chi connectivity index (χ0v) is 12.1. The van der Waals surface area contributed by atoms with Crippen LogP contribution in [0.1, 0.15) is 25.5 Å². The predicted octanol–water partition coefficient (Wildman–Crippen LogP) is 2.68. The van der Waals surface area contributed by atoms with E-state index in [9.17, 15) is 13.6 Å². The predicted molar refractivity (Wildman–Crippen MR) is 74.5 cm³/mol. The zero-order valence-electron chi connectivity index (χ0n) is 12.1. The smallest absolute Gasteiger partial charge is 0.387 e. The van der Waals surface area contributed by atoms with Gasteiger partial charge in [-0.1, -0.05) is 12.1 Å². The third-order valence-corrected chi connectivity index (χ3v) is 2.69. The molecule has 0 saturated heterocycles. The van der Waals surface area contributed by atoms with E-state index in [1.807, 2.05) is 6.92 Å². The maximum absolute atomic E-state index is 12.0. The van der Waals surface area contributed by atoms with Gasteiger partial charge in [-0.05, 0) is 31.5 Å². The summed E-state index contributed by atoms with van der Waals surface area (Å²) < 4.78 is 33.4. The average molecular weight is 302 g/mol. The molecule has 0 aliphatic rings. The highest BCUT2D eigenvalue weighted by Gasteiger charge is 2.10. The van der Waals surface area contributed by atoms with Gasteiger partial charge in [0.05, 0.1) is 12.6 Å². The van der Waals surface area contributed by atoms with Crippen molar-refractivity contribution in [1.82, 2.24) is 10.6 Å². The van der Waals surface area contributed by atoms with Crippen LogP contribution in [0.5, 0.6) is 5.75 Å². The molecule has 1 aromatic rings. The minimum absolute atomic E-state index is 0.0853. The van der Waals surface area contributed by atoms with Gasteiger partial charge in [0.2, 0.25) is 0 Å². The van der Waals surface area contributed by atoms with Crippen molar-refractivity contribution in [2.24, 2.45) is 0 Å². The number of carbonyl (C=O) groups is 1. The van der Waals surface area contributed by atoms with E-state index in [4.69, 9.17) is 4.74 Å². The maximum Gasteiger partial charge on any atom is 0.387 e. The molecule has 118 valence electrons. The van der Waals surface area contributed by atoms with Crippen LogP contribution in [0.2, 0.25) is 0 Å². The number of nitrogens with one attached hydrogen (secondary N) is 2. The number of halogens is 2. The largest absolute Gasteiger partial charge is 0.435 e. The molecule has 0 radical (unpaired) electrons. The van der Waals surface area contributed by atoms with Gasteiger partial charge in [0, 0.05) is 13.2 Å². The molecular formula is C14H20F2N2O3. The quantitative estimate of drug-likeness (QED) is 0.726. The Labute approximate surface area is 122 Å². The van der Waals surface area contributed by atoms with Crippen molar-refractivity contribution in [1.29, 1.82) is 0 Å². The van der Waals surface area contributed by atoms with Crippen LogP contribution < -0.4 is 15.4 Å². The Bertz CT molecular complexity index is 427. The molecule has 0 aliphatic heterocycles. The highest BCUT2D eigenvalue weighted by molar-refractivity contribution is 5.74. The lowest BCUT2D eigenvalue weighted by Gasteiger charge is -2.15. The van der Waals surface area contributed by atoms with E-state index >= 15 is 0 Å². The summed E-state index contributed by atoms with van der Waals surface area (Å²) in [6, 6.07) is 5.57. The van der Waals surface area contributed by atoms with Crippen molar-refractivity contribution >= 4 is 6.03 Å². The van der Waals surface area contributed by atoms with Crippen LogP contribution in [-0.2, 0) is 4.74 Å². The fraction of sp³-hybridized carbons (Fsp3) is 0.500. The molecule has 1 atom stereocenters. The molecule has 2 amide bonds. The van der Waals surface area contributed by atoms with Crippen LogP contribution in [0.4, 0.5) is 13.6 Å². The van der Waals surface area contributed by atoms with Gasteiger partial charge in [-0.3, -0.25) is 0 Å². The first-order chi connectivity index (χ1) is 10.0. The summed E-state index contributed by atoms with van der Waals surface area (Å²) in [5.74, 6) is 0.0853. The van der Waals surface area contributed by atoms with Crippen LogP contribution in [0.15, 0.2) is 24.3 Å². The third kappa shape index (κ3) is 6.89. The van der Waals surface area contributed by atoms with E-state index in [0.717, 1.165) is 5.56 Å². The minimum Gasteiger partial charge on any atom is -0.435 e. The number of benzene rings is 1. The lowest BCUT2D eigenvalue weighted by molar-refractivity contribution is -0.0498. The van der Waals surface area contributed by atoms with E-state index < -0.39 is 6.61 Å². The van der Waals surface area contributed by atoms with Crippen LogP contribution in [0.3, 0.4) is 0 Å². The van der Waals surface area contributed by atoms with Crippen LogP contribution >= 0.6 is 0 Å². The second kappa shape index (κ2) is 9.12. The summed E-state index contributed by atoms with van der Waals surface area (Å²) in [6.07, 6.45) is 0. The Morgan fingerprint density at radius 1 is 1.29 bits per heavy atom. The van der Waals surface area contributed by atoms with Crippen molar-refractivity contribution in [2.75, 3.05) is 19.8 Å². The lowest BCUT2D eigenvalue weighted by atomic mass is 10.1. The summed E-state index contributed by atoms with van der Waals surface area (Å²) in [7, 11) is 0. The molecule has 0 fully saturated rings. The molecule has 0 spiro atoms. The highest BCUT2D eigenvalue weighted by Crippen LogP contribution is 2.18. The Hall–Kier alpha value is -1.89. The van der Waals surface area contributed by atoms with Crippen molar-refractivity contribution in [2.45, 2.75) is 26.5 Å². The molecule has 1 aromatic carbocycles. The third-order valence-electron chi connectivity index (χ3n) is 2.69. The second-order valence-electron chi connectivity index (χ2n) is 4.27. The lowest BCUT2D eigenvalue weighted by Crippen LogP contribution is -2.38. The first kappa shape index (κ1) is 17.2. The normalized spacial score (nSPS) is 12.0. The first-order valence-corrected chi connectivity index (χ1v) is 6.69. The standard InChI is InChI=1S/C14H20F2N2O3/c1-3-20-9-8-17-14(19)18-10(2)11-4-6-12(7-5-11)21-13(15)16/h4-7,10,13H,3,8-9H2,1-2H3,(H2,17,18,19). The summed E-state index contributed by atoms with van der Waals surface area (Å²) >= 11 is 0. The van der Waals surface area contributed by atoms with E-state index in [0.29, 0.717) is 19.8 Å². The second-order valence-corrected chi connectivity index (χ2v) is 4.27. The number of carbonyl (C=O) groups excluding carboxylic acids is 1. The summed E-state index contributed by atoms with van der Waals surface area (Å²) in [4.78, 5) is 11.6. The molecule has 21 heavy (non-hydrogen) atoms. The van der Waals surface area contributed by atoms with Crippen LogP contribution in [-0.4, -0.2) is 32.4 Å². The SMILES string of the molecule is CCOCCNC(=O)NC(C)c1ccc(OC(F)F)cc1. The topological polar surface area (TPSA) is 59.6 Å². The fourth-order valence-corrected chi connectivity index (χ4v) is 1.65. The van der Waals surface area contributed by atoms with Gasteiger partial charge in [-0.25, -0.2) is 4.79 Å². The number of urea groups is 1. The molecule has 2 N–H and O–H groups in total. The minimum atomic E-state index is -2.84. The van der Waals surface area contributed by atoms with Crippen molar-refractivity contribution in [3.63, 3.8) is 0 Å². The summed E-state index contributed by atoms with van der Waals surface area (Å²) in [5.41, 5.74) is 0.788. The van der Waals surface area contributed by atoms with Gasteiger partial charge in [0.25, 0.3) is 0 Å². The number of ether oxygens (including phenoxy) is 2. The molecule has 1 rings (SSSR count). The Balaban J connectivity index is 2.40. The van der Waals surface area contributed by atoms with Crippen molar-refractivity contribution in [3.8, 4) is 5.75 Å². The molecule has 0 bridgehead atoms. The van der Waals surface area contributed by atoms with Gasteiger partial charge >= 0.3 is 12.6 Å². The average Bonchev–Trinajstić information content (AvgIpc) is 2.43. The van der Waals surface area contributed by atoms with Gasteiger partial charge in [-0.15, -0.1) is 0 Å². The Morgan fingerprint density at radius 2 is 1.95 bits per heavy atom. The molecule has 1 unspecified atom stereocenters. The van der Waals surface area contributed by atoms with E-state index in [-0.39, 0.29) is 17.8 Å².